The average molecular weight is 340 g/mol. The Morgan fingerprint density at radius 3 is 2.85 bits per heavy atom. The van der Waals surface area contributed by atoms with Crippen molar-refractivity contribution in [2.24, 2.45) is 5.92 Å². The van der Waals surface area contributed by atoms with Crippen LogP contribution in [0, 0.1) is 5.92 Å². The first kappa shape index (κ1) is 14.5. The Balaban J connectivity index is 1.58. The van der Waals surface area contributed by atoms with Crippen LogP contribution in [0.4, 0.5) is 0 Å². The summed E-state index contributed by atoms with van der Waals surface area (Å²) in [5.41, 5.74) is 1.27. The second-order valence-corrected chi connectivity index (χ2v) is 6.65. The van der Waals surface area contributed by atoms with Crippen LogP contribution >= 0.6 is 15.9 Å². The van der Waals surface area contributed by atoms with Gasteiger partial charge < -0.3 is 9.47 Å². The monoisotopic (exact) mass is 339 g/mol. The lowest BCUT2D eigenvalue weighted by molar-refractivity contribution is -0.0411. The molecule has 20 heavy (non-hydrogen) atoms. The summed E-state index contributed by atoms with van der Waals surface area (Å²) in [6, 6.07) is 8.47. The van der Waals surface area contributed by atoms with Crippen molar-refractivity contribution in [1.29, 1.82) is 0 Å². The summed E-state index contributed by atoms with van der Waals surface area (Å²) in [6.07, 6.45) is 2.62. The van der Waals surface area contributed by atoms with Gasteiger partial charge in [-0.2, -0.15) is 0 Å². The zero-order valence-corrected chi connectivity index (χ0v) is 13.3. The lowest BCUT2D eigenvalue weighted by Crippen LogP contribution is -2.41. The van der Waals surface area contributed by atoms with Crippen molar-refractivity contribution < 1.29 is 9.47 Å². The van der Waals surface area contributed by atoms with Crippen LogP contribution in [0.2, 0.25) is 0 Å². The van der Waals surface area contributed by atoms with E-state index < -0.39 is 0 Å². The molecule has 110 valence electrons. The first-order valence-corrected chi connectivity index (χ1v) is 8.28. The van der Waals surface area contributed by atoms with Crippen molar-refractivity contribution in [1.82, 2.24) is 4.90 Å². The van der Waals surface area contributed by atoms with Gasteiger partial charge in [0.25, 0.3) is 0 Å². The van der Waals surface area contributed by atoms with Crippen molar-refractivity contribution in [3.63, 3.8) is 0 Å². The molecule has 0 saturated carbocycles. The number of ether oxygens (including phenoxy) is 2. The van der Waals surface area contributed by atoms with E-state index >= 15 is 0 Å². The van der Waals surface area contributed by atoms with Crippen LogP contribution in [0.1, 0.15) is 24.5 Å². The first-order chi connectivity index (χ1) is 9.81. The molecule has 2 aliphatic heterocycles. The molecule has 2 aliphatic rings. The summed E-state index contributed by atoms with van der Waals surface area (Å²) < 4.78 is 12.5. The predicted octanol–water partition coefficient (Wildman–Crippen LogP) is 3.25. The van der Waals surface area contributed by atoms with E-state index in [1.165, 1.54) is 24.9 Å². The molecule has 1 atom stereocenters. The number of rotatable bonds is 3. The van der Waals surface area contributed by atoms with Gasteiger partial charge in [0.05, 0.1) is 12.7 Å². The van der Waals surface area contributed by atoms with Crippen LogP contribution < -0.4 is 0 Å². The van der Waals surface area contributed by atoms with Gasteiger partial charge in [0, 0.05) is 37.3 Å². The molecule has 0 bridgehead atoms. The second kappa shape index (κ2) is 7.03. The van der Waals surface area contributed by atoms with Gasteiger partial charge in [0.2, 0.25) is 0 Å². The minimum absolute atomic E-state index is 0.209. The quantitative estimate of drug-likeness (QED) is 0.843. The molecule has 1 aromatic rings. The Kier molecular flexibility index (Phi) is 5.10. The smallest absolute Gasteiger partial charge is 0.0952 e. The topological polar surface area (TPSA) is 21.7 Å². The Labute approximate surface area is 129 Å². The highest BCUT2D eigenvalue weighted by Gasteiger charge is 2.25. The largest absolute Gasteiger partial charge is 0.381 e. The number of benzene rings is 1. The highest BCUT2D eigenvalue weighted by Crippen LogP contribution is 2.26. The van der Waals surface area contributed by atoms with Crippen LogP contribution in [-0.2, 0) is 9.47 Å². The molecule has 0 unspecified atom stereocenters. The molecule has 1 aromatic carbocycles. The van der Waals surface area contributed by atoms with Gasteiger partial charge in [-0.05, 0) is 36.5 Å². The summed E-state index contributed by atoms with van der Waals surface area (Å²) in [4.78, 5) is 2.56. The van der Waals surface area contributed by atoms with E-state index in [4.69, 9.17) is 9.47 Å². The van der Waals surface area contributed by atoms with E-state index in [1.54, 1.807) is 0 Å². The fourth-order valence-electron chi connectivity index (χ4n) is 3.07. The molecular formula is C16H22BrNO2. The zero-order chi connectivity index (χ0) is 13.8. The highest BCUT2D eigenvalue weighted by atomic mass is 79.9. The minimum atomic E-state index is 0.209. The molecule has 0 aliphatic carbocycles. The van der Waals surface area contributed by atoms with E-state index in [1.807, 2.05) is 0 Å². The van der Waals surface area contributed by atoms with Crippen LogP contribution in [0.3, 0.4) is 0 Å². The summed E-state index contributed by atoms with van der Waals surface area (Å²) in [5.74, 6) is 0.796. The van der Waals surface area contributed by atoms with E-state index in [2.05, 4.69) is 45.1 Å². The van der Waals surface area contributed by atoms with Crippen molar-refractivity contribution in [2.75, 3.05) is 39.5 Å². The molecule has 2 saturated heterocycles. The third-order valence-corrected chi connectivity index (χ3v) is 4.72. The molecule has 0 aromatic heterocycles. The highest BCUT2D eigenvalue weighted by molar-refractivity contribution is 9.10. The molecule has 3 rings (SSSR count). The van der Waals surface area contributed by atoms with Gasteiger partial charge in [-0.1, -0.05) is 28.1 Å². The van der Waals surface area contributed by atoms with Crippen LogP contribution in [0.25, 0.3) is 0 Å². The Morgan fingerprint density at radius 2 is 2.05 bits per heavy atom. The molecular weight excluding hydrogens is 318 g/mol. The van der Waals surface area contributed by atoms with Gasteiger partial charge in [0.1, 0.15) is 0 Å². The fourth-order valence-corrected chi connectivity index (χ4v) is 3.49. The molecule has 2 heterocycles. The van der Waals surface area contributed by atoms with Crippen molar-refractivity contribution >= 4 is 15.9 Å². The zero-order valence-electron chi connectivity index (χ0n) is 11.8. The van der Waals surface area contributed by atoms with Crippen LogP contribution in [0.15, 0.2) is 28.7 Å². The van der Waals surface area contributed by atoms with Crippen LogP contribution in [-0.4, -0.2) is 44.4 Å². The maximum absolute atomic E-state index is 5.95. The number of halogens is 1. The maximum Gasteiger partial charge on any atom is 0.0952 e. The Morgan fingerprint density at radius 1 is 1.20 bits per heavy atom. The third kappa shape index (κ3) is 3.82. The number of nitrogens with zero attached hydrogens (tertiary/aromatic N) is 1. The molecule has 4 heteroatoms. The molecule has 0 N–H and O–H groups in total. The molecule has 0 radical (unpaired) electrons. The normalized spacial score (nSPS) is 25.8. The summed E-state index contributed by atoms with van der Waals surface area (Å²) in [7, 11) is 0. The number of hydrogen-bond acceptors (Lipinski definition) is 3. The third-order valence-electron chi connectivity index (χ3n) is 4.23. The minimum Gasteiger partial charge on any atom is -0.381 e. The summed E-state index contributed by atoms with van der Waals surface area (Å²) in [5, 5.41) is 0. The Bertz CT molecular complexity index is 434. The van der Waals surface area contributed by atoms with Gasteiger partial charge in [0.15, 0.2) is 0 Å². The van der Waals surface area contributed by atoms with Gasteiger partial charge >= 0.3 is 0 Å². The van der Waals surface area contributed by atoms with Crippen LogP contribution in [0.5, 0.6) is 0 Å². The summed E-state index contributed by atoms with van der Waals surface area (Å²) in [6.45, 7) is 5.96. The first-order valence-electron chi connectivity index (χ1n) is 7.48. The second-order valence-electron chi connectivity index (χ2n) is 5.73. The van der Waals surface area contributed by atoms with E-state index in [0.29, 0.717) is 0 Å². The van der Waals surface area contributed by atoms with E-state index in [0.717, 1.165) is 43.3 Å². The molecule has 3 nitrogen and oxygen atoms in total. The number of hydrogen-bond donors (Lipinski definition) is 0. The average Bonchev–Trinajstić information content (AvgIpc) is 2.49. The van der Waals surface area contributed by atoms with Gasteiger partial charge in [-0.15, -0.1) is 0 Å². The molecule has 2 fully saturated rings. The standard InChI is InChI=1S/C16H22BrNO2/c17-15-3-1-2-14(10-15)16-12-18(6-9-20-16)11-13-4-7-19-8-5-13/h1-3,10,13,16H,4-9,11-12H2/t16-/m0/s1. The Hall–Kier alpha value is -0.420. The molecule has 0 spiro atoms. The summed E-state index contributed by atoms with van der Waals surface area (Å²) >= 11 is 3.54. The fraction of sp³-hybridized carbons (Fsp3) is 0.625. The molecule has 0 amide bonds. The SMILES string of the molecule is Brc1cccc([C@@H]2CN(CC3CCOCC3)CCO2)c1. The van der Waals surface area contributed by atoms with Crippen molar-refractivity contribution in [3.8, 4) is 0 Å². The van der Waals surface area contributed by atoms with Crippen molar-refractivity contribution in [3.05, 3.63) is 34.3 Å². The van der Waals surface area contributed by atoms with Crippen molar-refractivity contribution in [2.45, 2.75) is 18.9 Å². The van der Waals surface area contributed by atoms with E-state index in [-0.39, 0.29) is 6.10 Å². The predicted molar refractivity (Wildman–Crippen MR) is 82.8 cm³/mol. The lowest BCUT2D eigenvalue weighted by atomic mass is 9.99. The number of morpholine rings is 1. The van der Waals surface area contributed by atoms with Gasteiger partial charge in [-0.3, -0.25) is 4.90 Å². The lowest BCUT2D eigenvalue weighted by Gasteiger charge is -2.36. The maximum atomic E-state index is 5.95. The van der Waals surface area contributed by atoms with E-state index in [9.17, 15) is 0 Å². The van der Waals surface area contributed by atoms with Gasteiger partial charge in [-0.25, -0.2) is 0 Å².